The predicted octanol–water partition coefficient (Wildman–Crippen LogP) is 5.56. The fourth-order valence-electron chi connectivity index (χ4n) is 5.09. The Morgan fingerprint density at radius 1 is 1.12 bits per heavy atom. The van der Waals surface area contributed by atoms with E-state index in [1.807, 2.05) is 6.07 Å². The van der Waals surface area contributed by atoms with Gasteiger partial charge in [-0.15, -0.1) is 0 Å². The van der Waals surface area contributed by atoms with Crippen molar-refractivity contribution in [3.8, 4) is 0 Å². The number of carbonyl (C=O) groups is 1. The SMILES string of the molecule is CC(=O)c1nc(Sc2cccc(Cl)c2Cl)c(N)nc1N1CCC2(CC1)Cc1ccccc1[C@H]2N. The number of aromatic nitrogens is 2. The first kappa shape index (κ1) is 23.4. The lowest BCUT2D eigenvalue weighted by atomic mass is 9.73. The second-order valence-electron chi connectivity index (χ2n) is 9.00. The Morgan fingerprint density at radius 3 is 2.56 bits per heavy atom. The average molecular weight is 514 g/mol. The molecule has 2 aliphatic rings. The van der Waals surface area contributed by atoms with Gasteiger partial charge >= 0.3 is 0 Å². The van der Waals surface area contributed by atoms with Gasteiger partial charge in [0.25, 0.3) is 0 Å². The minimum atomic E-state index is -0.160. The first-order valence-electron chi connectivity index (χ1n) is 11.2. The molecular formula is C25H25Cl2N5OS. The number of benzene rings is 2. The van der Waals surface area contributed by atoms with Crippen LogP contribution in [0.15, 0.2) is 52.4 Å². The van der Waals surface area contributed by atoms with Crippen molar-refractivity contribution < 1.29 is 4.79 Å². The highest BCUT2D eigenvalue weighted by molar-refractivity contribution is 7.99. The van der Waals surface area contributed by atoms with Crippen LogP contribution in [0, 0.1) is 5.41 Å². The van der Waals surface area contributed by atoms with Crippen LogP contribution >= 0.6 is 35.0 Å². The van der Waals surface area contributed by atoms with Crippen LogP contribution in [0.25, 0.3) is 0 Å². The van der Waals surface area contributed by atoms with Gasteiger partial charge in [-0.25, -0.2) is 9.97 Å². The summed E-state index contributed by atoms with van der Waals surface area (Å²) in [4.78, 5) is 24.6. The number of hydrogen-bond donors (Lipinski definition) is 2. The molecular weight excluding hydrogens is 489 g/mol. The predicted molar refractivity (Wildman–Crippen MR) is 138 cm³/mol. The maximum atomic E-state index is 12.5. The number of nitrogens with two attached hydrogens (primary N) is 2. The van der Waals surface area contributed by atoms with Crippen LogP contribution in [0.3, 0.4) is 0 Å². The first-order chi connectivity index (χ1) is 16.3. The molecule has 1 aromatic heterocycles. The van der Waals surface area contributed by atoms with E-state index in [0.717, 1.165) is 32.4 Å². The van der Waals surface area contributed by atoms with Crippen molar-refractivity contribution in [1.82, 2.24) is 9.97 Å². The largest absolute Gasteiger partial charge is 0.381 e. The van der Waals surface area contributed by atoms with Crippen LogP contribution in [0.1, 0.15) is 47.4 Å². The molecule has 6 nitrogen and oxygen atoms in total. The lowest BCUT2D eigenvalue weighted by molar-refractivity contribution is 0.101. The normalized spacial score (nSPS) is 18.8. The molecule has 3 aromatic rings. The van der Waals surface area contributed by atoms with Crippen molar-refractivity contribution in [3.05, 3.63) is 69.3 Å². The summed E-state index contributed by atoms with van der Waals surface area (Å²) in [6.07, 6.45) is 2.81. The highest BCUT2D eigenvalue weighted by Gasteiger charge is 2.46. The van der Waals surface area contributed by atoms with E-state index in [0.29, 0.717) is 31.5 Å². The summed E-state index contributed by atoms with van der Waals surface area (Å²) >= 11 is 13.7. The quantitative estimate of drug-likeness (QED) is 0.440. The number of piperidine rings is 1. The van der Waals surface area contributed by atoms with E-state index in [1.54, 1.807) is 12.1 Å². The summed E-state index contributed by atoms with van der Waals surface area (Å²) in [5, 5.41) is 1.29. The molecule has 2 heterocycles. The van der Waals surface area contributed by atoms with Crippen molar-refractivity contribution in [2.75, 3.05) is 23.7 Å². The van der Waals surface area contributed by atoms with Crippen LogP contribution in [-0.2, 0) is 6.42 Å². The van der Waals surface area contributed by atoms with Gasteiger partial charge in [0.05, 0.1) is 10.0 Å². The number of nitrogen functional groups attached to an aromatic ring is 1. The molecule has 1 aliphatic carbocycles. The van der Waals surface area contributed by atoms with Gasteiger partial charge in [-0.1, -0.05) is 65.3 Å². The van der Waals surface area contributed by atoms with Crippen LogP contribution < -0.4 is 16.4 Å². The Hall–Kier alpha value is -2.32. The number of Topliss-reactive ketones (excluding diaryl/α,β-unsaturated/α-hetero) is 1. The average Bonchev–Trinajstić information content (AvgIpc) is 3.09. The highest BCUT2D eigenvalue weighted by atomic mass is 35.5. The standard InChI is InChI=1S/C25H25Cl2N5OS/c1-14(33)20-23(31-22(29)24(30-20)34-18-8-4-7-17(26)19(18)27)32-11-9-25(10-12-32)13-15-5-2-3-6-16(15)21(25)28/h2-8,21H,9-13,28H2,1H3,(H2,29,31)/t21-/m1/s1. The molecule has 1 atom stereocenters. The Morgan fingerprint density at radius 2 is 1.85 bits per heavy atom. The molecule has 1 spiro atoms. The third kappa shape index (κ3) is 4.05. The molecule has 4 N–H and O–H groups in total. The highest BCUT2D eigenvalue weighted by Crippen LogP contribution is 2.51. The molecule has 1 aliphatic heterocycles. The maximum absolute atomic E-state index is 12.5. The Balaban J connectivity index is 1.40. The Labute approximate surface area is 213 Å². The van der Waals surface area contributed by atoms with Gasteiger partial charge in [-0.3, -0.25) is 4.79 Å². The zero-order valence-electron chi connectivity index (χ0n) is 18.7. The summed E-state index contributed by atoms with van der Waals surface area (Å²) in [6.45, 7) is 2.98. The third-order valence-corrected chi connectivity index (χ3v) is 8.96. The van der Waals surface area contributed by atoms with Gasteiger partial charge in [-0.05, 0) is 47.9 Å². The number of hydrogen-bond acceptors (Lipinski definition) is 7. The van der Waals surface area contributed by atoms with Crippen molar-refractivity contribution in [2.24, 2.45) is 11.1 Å². The fourth-order valence-corrected chi connectivity index (χ4v) is 6.41. The first-order valence-corrected chi connectivity index (χ1v) is 12.7. The van der Waals surface area contributed by atoms with Crippen molar-refractivity contribution >= 4 is 52.4 Å². The summed E-state index contributed by atoms with van der Waals surface area (Å²) in [7, 11) is 0. The van der Waals surface area contributed by atoms with E-state index < -0.39 is 0 Å². The second-order valence-corrected chi connectivity index (χ2v) is 10.8. The van der Waals surface area contributed by atoms with Crippen LogP contribution in [0.5, 0.6) is 0 Å². The molecule has 0 amide bonds. The minimum absolute atomic E-state index is 0.0236. The van der Waals surface area contributed by atoms with Crippen molar-refractivity contribution in [3.63, 3.8) is 0 Å². The monoisotopic (exact) mass is 513 g/mol. The van der Waals surface area contributed by atoms with E-state index in [9.17, 15) is 4.79 Å². The Kier molecular flexibility index (Phi) is 6.23. The molecule has 1 fully saturated rings. The number of ketones is 1. The van der Waals surface area contributed by atoms with Gasteiger partial charge in [0.2, 0.25) is 0 Å². The number of anilines is 2. The van der Waals surface area contributed by atoms with Crippen LogP contribution in [0.2, 0.25) is 10.0 Å². The van der Waals surface area contributed by atoms with E-state index in [1.165, 1.54) is 29.8 Å². The summed E-state index contributed by atoms with van der Waals surface area (Å²) in [5.41, 5.74) is 16.0. The zero-order chi connectivity index (χ0) is 24.0. The molecule has 0 bridgehead atoms. The fraction of sp³-hybridized carbons (Fsp3) is 0.320. The molecule has 34 heavy (non-hydrogen) atoms. The summed E-state index contributed by atoms with van der Waals surface area (Å²) in [5.74, 6) is 0.628. The van der Waals surface area contributed by atoms with Crippen molar-refractivity contribution in [1.29, 1.82) is 0 Å². The van der Waals surface area contributed by atoms with Gasteiger partial charge in [0.15, 0.2) is 17.4 Å². The molecule has 9 heteroatoms. The van der Waals surface area contributed by atoms with E-state index >= 15 is 0 Å². The van der Waals surface area contributed by atoms with E-state index in [-0.39, 0.29) is 23.1 Å². The Bertz CT molecular complexity index is 1280. The molecule has 0 radical (unpaired) electrons. The van der Waals surface area contributed by atoms with Crippen LogP contribution in [0.4, 0.5) is 11.6 Å². The molecule has 2 aromatic carbocycles. The minimum Gasteiger partial charge on any atom is -0.381 e. The lowest BCUT2D eigenvalue weighted by Gasteiger charge is -2.42. The van der Waals surface area contributed by atoms with Gasteiger partial charge in [0, 0.05) is 31.0 Å². The van der Waals surface area contributed by atoms with E-state index in [4.69, 9.17) is 34.7 Å². The van der Waals surface area contributed by atoms with E-state index in [2.05, 4.69) is 39.1 Å². The van der Waals surface area contributed by atoms with Gasteiger partial charge < -0.3 is 16.4 Å². The summed E-state index contributed by atoms with van der Waals surface area (Å²) in [6, 6.07) is 13.8. The van der Waals surface area contributed by atoms with Crippen LogP contribution in [-0.4, -0.2) is 28.8 Å². The smallest absolute Gasteiger partial charge is 0.181 e. The number of fused-ring (bicyclic) bond motifs is 1. The second kappa shape index (κ2) is 9.04. The molecule has 0 unspecified atom stereocenters. The number of rotatable bonds is 4. The summed E-state index contributed by atoms with van der Waals surface area (Å²) < 4.78 is 0. The zero-order valence-corrected chi connectivity index (χ0v) is 21.1. The molecule has 5 rings (SSSR count). The number of carbonyl (C=O) groups excluding carboxylic acids is 1. The maximum Gasteiger partial charge on any atom is 0.181 e. The molecule has 0 saturated carbocycles. The molecule has 176 valence electrons. The number of nitrogens with zero attached hydrogens (tertiary/aromatic N) is 3. The van der Waals surface area contributed by atoms with Gasteiger partial charge in [0.1, 0.15) is 10.7 Å². The lowest BCUT2D eigenvalue weighted by Crippen LogP contribution is -2.45. The third-order valence-electron chi connectivity index (χ3n) is 6.98. The topological polar surface area (TPSA) is 98.1 Å². The van der Waals surface area contributed by atoms with Gasteiger partial charge in [-0.2, -0.15) is 0 Å². The number of halogens is 2. The molecule has 1 saturated heterocycles. The van der Waals surface area contributed by atoms with Crippen molar-refractivity contribution in [2.45, 2.75) is 42.1 Å².